The molecule has 2 heterocycles. The Hall–Kier alpha value is -2.94. The number of hydrogen-bond acceptors (Lipinski definition) is 6. The predicted molar refractivity (Wildman–Crippen MR) is 85.6 cm³/mol. The van der Waals surface area contributed by atoms with E-state index in [2.05, 4.69) is 11.1 Å². The molecular formula is C17H17N3O3. The molecule has 0 saturated heterocycles. The van der Waals surface area contributed by atoms with Crippen LogP contribution in [0, 0.1) is 11.3 Å². The summed E-state index contributed by atoms with van der Waals surface area (Å²) < 4.78 is 16.3. The second kappa shape index (κ2) is 5.69. The highest BCUT2D eigenvalue weighted by molar-refractivity contribution is 5.81. The van der Waals surface area contributed by atoms with E-state index in [9.17, 15) is 5.26 Å². The number of benzene rings is 1. The molecular weight excluding hydrogens is 294 g/mol. The summed E-state index contributed by atoms with van der Waals surface area (Å²) in [6.07, 6.45) is 0. The smallest absolute Gasteiger partial charge is 0.231 e. The first-order chi connectivity index (χ1) is 11.0. The molecule has 6 heteroatoms. The summed E-state index contributed by atoms with van der Waals surface area (Å²) in [6, 6.07) is 7.57. The molecule has 6 nitrogen and oxygen atoms in total. The molecule has 0 atom stereocenters. The molecule has 1 aliphatic heterocycles. The molecule has 3 rings (SSSR count). The van der Waals surface area contributed by atoms with Gasteiger partial charge in [0.1, 0.15) is 23.2 Å². The van der Waals surface area contributed by atoms with Gasteiger partial charge < -0.3 is 19.9 Å². The molecule has 0 bridgehead atoms. The van der Waals surface area contributed by atoms with E-state index in [1.54, 1.807) is 19.2 Å². The van der Waals surface area contributed by atoms with Crippen molar-refractivity contribution in [3.05, 3.63) is 29.5 Å². The van der Waals surface area contributed by atoms with Crippen molar-refractivity contribution < 1.29 is 14.2 Å². The largest absolute Gasteiger partial charge is 0.496 e. The van der Waals surface area contributed by atoms with Crippen molar-refractivity contribution in [3.63, 3.8) is 0 Å². The number of hydrogen-bond donors (Lipinski definition) is 1. The number of methoxy groups -OCH3 is 1. The predicted octanol–water partition coefficient (Wildman–Crippen LogP) is 3.06. The summed E-state index contributed by atoms with van der Waals surface area (Å²) in [7, 11) is 1.57. The summed E-state index contributed by atoms with van der Waals surface area (Å²) in [5.74, 6) is 2.23. The van der Waals surface area contributed by atoms with E-state index >= 15 is 0 Å². The number of nitrogens with zero attached hydrogens (tertiary/aromatic N) is 2. The molecule has 0 saturated carbocycles. The van der Waals surface area contributed by atoms with Gasteiger partial charge in [-0.2, -0.15) is 5.26 Å². The van der Waals surface area contributed by atoms with E-state index < -0.39 is 0 Å². The molecule has 118 valence electrons. The zero-order chi connectivity index (χ0) is 16.6. The van der Waals surface area contributed by atoms with Crippen molar-refractivity contribution in [1.29, 1.82) is 5.26 Å². The van der Waals surface area contributed by atoms with Crippen LogP contribution < -0.4 is 19.9 Å². The van der Waals surface area contributed by atoms with E-state index in [0.717, 1.165) is 11.3 Å². The monoisotopic (exact) mass is 311 g/mol. The maximum Gasteiger partial charge on any atom is 0.231 e. The van der Waals surface area contributed by atoms with Crippen molar-refractivity contribution in [2.75, 3.05) is 19.6 Å². The first-order valence-corrected chi connectivity index (χ1v) is 7.23. The lowest BCUT2D eigenvalue weighted by molar-refractivity contribution is 0.174. The normalized spacial score (nSPS) is 12.3. The van der Waals surface area contributed by atoms with Crippen molar-refractivity contribution in [3.8, 4) is 34.4 Å². The third-order valence-corrected chi connectivity index (χ3v) is 3.76. The van der Waals surface area contributed by atoms with Gasteiger partial charge in [-0.15, -0.1) is 0 Å². The van der Waals surface area contributed by atoms with Gasteiger partial charge in [-0.1, -0.05) is 13.8 Å². The Labute approximate surface area is 134 Å². The van der Waals surface area contributed by atoms with Crippen LogP contribution in [0.1, 0.15) is 31.0 Å². The maximum absolute atomic E-state index is 9.48. The molecule has 0 radical (unpaired) electrons. The molecule has 2 N–H and O–H groups in total. The minimum Gasteiger partial charge on any atom is -0.496 e. The van der Waals surface area contributed by atoms with Crippen LogP contribution in [0.5, 0.6) is 17.2 Å². The van der Waals surface area contributed by atoms with E-state index in [4.69, 9.17) is 19.9 Å². The van der Waals surface area contributed by atoms with Gasteiger partial charge in [0, 0.05) is 22.9 Å². The molecule has 1 aromatic carbocycles. The van der Waals surface area contributed by atoms with E-state index in [1.165, 1.54) is 0 Å². The first-order valence-electron chi connectivity index (χ1n) is 7.23. The summed E-state index contributed by atoms with van der Waals surface area (Å²) in [5.41, 5.74) is 8.53. The second-order valence-electron chi connectivity index (χ2n) is 5.53. The lowest BCUT2D eigenvalue weighted by Gasteiger charge is -2.15. The number of nitriles is 1. The minimum absolute atomic E-state index is 0.169. The third-order valence-electron chi connectivity index (χ3n) is 3.76. The van der Waals surface area contributed by atoms with Crippen LogP contribution in [0.25, 0.3) is 11.1 Å². The Bertz CT molecular complexity index is 810. The fourth-order valence-electron chi connectivity index (χ4n) is 2.51. The van der Waals surface area contributed by atoms with E-state index in [0.29, 0.717) is 28.4 Å². The second-order valence-corrected chi connectivity index (χ2v) is 5.53. The molecule has 0 aliphatic carbocycles. The Morgan fingerprint density at radius 2 is 1.91 bits per heavy atom. The fourth-order valence-corrected chi connectivity index (χ4v) is 2.51. The lowest BCUT2D eigenvalue weighted by Crippen LogP contribution is -2.03. The summed E-state index contributed by atoms with van der Waals surface area (Å²) in [4.78, 5) is 4.32. The van der Waals surface area contributed by atoms with Gasteiger partial charge in [0.25, 0.3) is 0 Å². The average Bonchev–Trinajstić information content (AvgIpc) is 2.99. The minimum atomic E-state index is 0.169. The van der Waals surface area contributed by atoms with Gasteiger partial charge in [-0.25, -0.2) is 4.98 Å². The van der Waals surface area contributed by atoms with E-state index in [-0.39, 0.29) is 18.5 Å². The average molecular weight is 311 g/mol. The van der Waals surface area contributed by atoms with Crippen LogP contribution in [0.15, 0.2) is 18.2 Å². The fraction of sp³-hybridized carbons (Fsp3) is 0.294. The van der Waals surface area contributed by atoms with Gasteiger partial charge in [-0.3, -0.25) is 0 Å². The molecule has 1 aromatic heterocycles. The number of rotatable bonds is 3. The van der Waals surface area contributed by atoms with Gasteiger partial charge >= 0.3 is 0 Å². The van der Waals surface area contributed by atoms with Gasteiger partial charge in [-0.05, 0) is 18.1 Å². The third kappa shape index (κ3) is 2.50. The maximum atomic E-state index is 9.48. The standard InChI is InChI=1S/C17H17N3O3/c1-9(2)13-4-10(12(7-18)17(19)20-13)11-5-15-16(23-8-22-15)6-14(11)21-3/h4-6,9H,8H2,1-3H3,(H2,19,20). The number of pyridine rings is 1. The SMILES string of the molecule is COc1cc2c(cc1-c1cc(C(C)C)nc(N)c1C#N)OCO2. The Balaban J connectivity index is 2.28. The molecule has 0 unspecified atom stereocenters. The van der Waals surface area contributed by atoms with Crippen LogP contribution >= 0.6 is 0 Å². The van der Waals surface area contributed by atoms with E-state index in [1.807, 2.05) is 19.9 Å². The highest BCUT2D eigenvalue weighted by Crippen LogP contribution is 2.44. The zero-order valence-electron chi connectivity index (χ0n) is 13.2. The number of nitrogens with two attached hydrogens (primary N) is 1. The summed E-state index contributed by atoms with van der Waals surface area (Å²) >= 11 is 0. The van der Waals surface area contributed by atoms with Crippen LogP contribution in [-0.2, 0) is 0 Å². The highest BCUT2D eigenvalue weighted by Gasteiger charge is 2.22. The Kier molecular flexibility index (Phi) is 3.70. The van der Waals surface area contributed by atoms with Crippen LogP contribution in [0.3, 0.4) is 0 Å². The van der Waals surface area contributed by atoms with Crippen LogP contribution in [0.2, 0.25) is 0 Å². The van der Waals surface area contributed by atoms with Gasteiger partial charge in [0.2, 0.25) is 6.79 Å². The number of nitrogen functional groups attached to an aromatic ring is 1. The molecule has 2 aromatic rings. The number of fused-ring (bicyclic) bond motifs is 1. The van der Waals surface area contributed by atoms with Crippen LogP contribution in [-0.4, -0.2) is 18.9 Å². The highest BCUT2D eigenvalue weighted by atomic mass is 16.7. The topological polar surface area (TPSA) is 90.4 Å². The first kappa shape index (κ1) is 15.0. The van der Waals surface area contributed by atoms with Crippen molar-refractivity contribution in [1.82, 2.24) is 4.98 Å². The Morgan fingerprint density at radius 1 is 1.22 bits per heavy atom. The molecule has 0 amide bonds. The van der Waals surface area contributed by atoms with Gasteiger partial charge in [0.05, 0.1) is 7.11 Å². The summed E-state index contributed by atoms with van der Waals surface area (Å²) in [6.45, 7) is 4.21. The zero-order valence-corrected chi connectivity index (χ0v) is 13.2. The van der Waals surface area contributed by atoms with Crippen molar-refractivity contribution in [2.45, 2.75) is 19.8 Å². The number of anilines is 1. The molecule has 0 spiro atoms. The van der Waals surface area contributed by atoms with Gasteiger partial charge in [0.15, 0.2) is 11.5 Å². The quantitative estimate of drug-likeness (QED) is 0.936. The molecule has 23 heavy (non-hydrogen) atoms. The Morgan fingerprint density at radius 3 is 2.52 bits per heavy atom. The summed E-state index contributed by atoms with van der Waals surface area (Å²) in [5, 5.41) is 9.48. The number of ether oxygens (including phenoxy) is 3. The molecule has 1 aliphatic rings. The van der Waals surface area contributed by atoms with Crippen molar-refractivity contribution >= 4 is 5.82 Å². The number of aromatic nitrogens is 1. The van der Waals surface area contributed by atoms with Crippen LogP contribution in [0.4, 0.5) is 5.82 Å². The lowest BCUT2D eigenvalue weighted by atomic mass is 9.96. The molecule has 0 fully saturated rings. The van der Waals surface area contributed by atoms with Crippen molar-refractivity contribution in [2.24, 2.45) is 0 Å².